The van der Waals surface area contributed by atoms with Crippen LogP contribution in [0.5, 0.6) is 0 Å². The van der Waals surface area contributed by atoms with Crippen molar-refractivity contribution < 1.29 is 0 Å². The second-order valence-electron chi connectivity index (χ2n) is 12.4. The van der Waals surface area contributed by atoms with Crippen molar-refractivity contribution in [1.82, 2.24) is 10.2 Å². The van der Waals surface area contributed by atoms with Gasteiger partial charge in [-0.3, -0.25) is 0 Å². The Morgan fingerprint density at radius 2 is 1.71 bits per heavy atom. The third-order valence-electron chi connectivity index (χ3n) is 7.57. The molecule has 4 rings (SSSR count). The molecule has 2 aliphatic heterocycles. The highest BCUT2D eigenvalue weighted by molar-refractivity contribution is 5.46. The molecule has 0 fully saturated rings. The van der Waals surface area contributed by atoms with Crippen LogP contribution in [0.25, 0.3) is 0 Å². The zero-order chi connectivity index (χ0) is 22.6. The van der Waals surface area contributed by atoms with Gasteiger partial charge in [-0.2, -0.15) is 0 Å². The summed E-state index contributed by atoms with van der Waals surface area (Å²) in [6.07, 6.45) is 2.25. The average Bonchev–Trinajstić information content (AvgIpc) is 2.65. The minimum absolute atomic E-state index is 0.0887. The molecule has 0 radical (unpaired) electrons. The van der Waals surface area contributed by atoms with Gasteiger partial charge in [-0.15, -0.1) is 0 Å². The second-order valence-corrected chi connectivity index (χ2v) is 12.4. The van der Waals surface area contributed by atoms with Gasteiger partial charge in [-0.05, 0) is 69.7 Å². The minimum Gasteiger partial charge on any atom is -0.312 e. The van der Waals surface area contributed by atoms with Crippen LogP contribution >= 0.6 is 0 Å². The van der Waals surface area contributed by atoms with Crippen molar-refractivity contribution in [3.63, 3.8) is 0 Å². The zero-order valence-electron chi connectivity index (χ0n) is 21.1. The van der Waals surface area contributed by atoms with E-state index in [1.54, 1.807) is 5.56 Å². The molecule has 0 spiro atoms. The lowest BCUT2D eigenvalue weighted by Gasteiger charge is -2.36. The Morgan fingerprint density at radius 1 is 0.968 bits per heavy atom. The topological polar surface area (TPSA) is 15.3 Å². The molecule has 2 heterocycles. The van der Waals surface area contributed by atoms with Crippen molar-refractivity contribution in [3.05, 3.63) is 69.3 Å². The number of nitrogens with one attached hydrogen (secondary N) is 1. The van der Waals surface area contributed by atoms with E-state index >= 15 is 0 Å². The molecule has 2 aliphatic rings. The van der Waals surface area contributed by atoms with Crippen LogP contribution in [0.3, 0.4) is 0 Å². The van der Waals surface area contributed by atoms with Crippen LogP contribution in [0.2, 0.25) is 0 Å². The maximum atomic E-state index is 3.62. The van der Waals surface area contributed by atoms with Gasteiger partial charge in [-0.25, -0.2) is 0 Å². The third kappa shape index (κ3) is 4.47. The predicted molar refractivity (Wildman–Crippen MR) is 133 cm³/mol. The molecule has 0 aromatic heterocycles. The van der Waals surface area contributed by atoms with Gasteiger partial charge in [0.2, 0.25) is 0 Å². The van der Waals surface area contributed by atoms with Crippen molar-refractivity contribution in [2.75, 3.05) is 20.1 Å². The molecule has 2 nitrogen and oxygen atoms in total. The lowest BCUT2D eigenvalue weighted by Crippen LogP contribution is -2.39. The molecule has 168 valence electrons. The Morgan fingerprint density at radius 3 is 2.42 bits per heavy atom. The summed E-state index contributed by atoms with van der Waals surface area (Å²) in [7, 11) is 2.24. The number of likely N-dealkylation sites (N-methyl/N-ethyl adjacent to an activating group) is 1. The molecule has 0 bridgehead atoms. The van der Waals surface area contributed by atoms with E-state index in [1.807, 2.05) is 0 Å². The standard InChI is InChI=1S/C29H42N2/c1-27(2,3)26-15-20-11-12-31(8)18-23(20)13-21(26)16-28(4,5)24-9-10-25-22(14-24)17-30-19-29(25,6)7/h9-10,13-15,30H,11-12,16-19H2,1-8H3. The van der Waals surface area contributed by atoms with Gasteiger partial charge < -0.3 is 10.2 Å². The van der Waals surface area contributed by atoms with Crippen molar-refractivity contribution in [2.45, 2.75) is 90.6 Å². The van der Waals surface area contributed by atoms with Crippen LogP contribution in [-0.2, 0) is 42.2 Å². The molecule has 2 aromatic rings. The Labute approximate surface area is 190 Å². The molecule has 2 heteroatoms. The Hall–Kier alpha value is -1.64. The maximum Gasteiger partial charge on any atom is 0.0233 e. The molecule has 0 saturated carbocycles. The van der Waals surface area contributed by atoms with Crippen molar-refractivity contribution in [3.8, 4) is 0 Å². The molecule has 0 aliphatic carbocycles. The highest BCUT2D eigenvalue weighted by Crippen LogP contribution is 2.38. The monoisotopic (exact) mass is 418 g/mol. The number of nitrogens with zero attached hydrogens (tertiary/aromatic N) is 1. The highest BCUT2D eigenvalue weighted by Gasteiger charge is 2.31. The van der Waals surface area contributed by atoms with Gasteiger partial charge in [0, 0.05) is 31.6 Å². The number of fused-ring (bicyclic) bond motifs is 2. The van der Waals surface area contributed by atoms with E-state index in [2.05, 4.69) is 96.1 Å². The quantitative estimate of drug-likeness (QED) is 0.670. The summed E-state index contributed by atoms with van der Waals surface area (Å²) in [5.74, 6) is 0. The Bertz CT molecular complexity index is 975. The summed E-state index contributed by atoms with van der Waals surface area (Å²) in [6.45, 7) is 20.9. The molecule has 31 heavy (non-hydrogen) atoms. The number of benzene rings is 2. The Kier molecular flexibility index (Phi) is 5.63. The molecular weight excluding hydrogens is 376 g/mol. The zero-order valence-corrected chi connectivity index (χ0v) is 21.1. The highest BCUT2D eigenvalue weighted by atomic mass is 15.1. The average molecular weight is 419 g/mol. The predicted octanol–water partition coefficient (Wildman–Crippen LogP) is 5.87. The molecular formula is C29H42N2. The van der Waals surface area contributed by atoms with Gasteiger partial charge >= 0.3 is 0 Å². The fourth-order valence-corrected chi connectivity index (χ4v) is 5.65. The molecule has 0 saturated heterocycles. The summed E-state index contributed by atoms with van der Waals surface area (Å²) < 4.78 is 0. The summed E-state index contributed by atoms with van der Waals surface area (Å²) in [4.78, 5) is 2.45. The molecule has 1 N–H and O–H groups in total. The first-order valence-corrected chi connectivity index (χ1v) is 12.1. The van der Waals surface area contributed by atoms with Crippen LogP contribution in [0, 0.1) is 0 Å². The summed E-state index contributed by atoms with van der Waals surface area (Å²) in [6, 6.07) is 12.4. The van der Waals surface area contributed by atoms with E-state index in [0.717, 1.165) is 26.1 Å². The first kappa shape index (κ1) is 22.6. The van der Waals surface area contributed by atoms with Crippen LogP contribution in [0.1, 0.15) is 87.4 Å². The second kappa shape index (κ2) is 7.74. The largest absolute Gasteiger partial charge is 0.312 e. The van der Waals surface area contributed by atoms with E-state index in [-0.39, 0.29) is 16.2 Å². The van der Waals surface area contributed by atoms with Gasteiger partial charge in [0.15, 0.2) is 0 Å². The van der Waals surface area contributed by atoms with E-state index in [4.69, 9.17) is 0 Å². The fourth-order valence-electron chi connectivity index (χ4n) is 5.65. The third-order valence-corrected chi connectivity index (χ3v) is 7.57. The van der Waals surface area contributed by atoms with Gasteiger partial charge in [0.1, 0.15) is 0 Å². The molecule has 0 amide bonds. The summed E-state index contributed by atoms with van der Waals surface area (Å²) >= 11 is 0. The molecule has 0 unspecified atom stereocenters. The van der Waals surface area contributed by atoms with Gasteiger partial charge in [-0.1, -0.05) is 78.8 Å². The van der Waals surface area contributed by atoms with Crippen LogP contribution in [0.4, 0.5) is 0 Å². The van der Waals surface area contributed by atoms with E-state index in [1.165, 1.54) is 46.3 Å². The van der Waals surface area contributed by atoms with Gasteiger partial charge in [0.05, 0.1) is 0 Å². The Balaban J connectivity index is 1.72. The maximum absolute atomic E-state index is 3.62. The van der Waals surface area contributed by atoms with Crippen LogP contribution < -0.4 is 5.32 Å². The SMILES string of the molecule is CN1CCc2cc(C(C)(C)C)c(CC(C)(C)c3ccc4c(c3)CNCC4(C)C)cc2C1. The number of hydrogen-bond acceptors (Lipinski definition) is 2. The van der Waals surface area contributed by atoms with Crippen molar-refractivity contribution in [1.29, 1.82) is 0 Å². The normalized spacial score (nSPS) is 19.1. The molecule has 0 atom stereocenters. The van der Waals surface area contributed by atoms with E-state index in [9.17, 15) is 0 Å². The fraction of sp³-hybridized carbons (Fsp3) is 0.586. The molecule has 2 aromatic carbocycles. The smallest absolute Gasteiger partial charge is 0.0233 e. The first-order chi connectivity index (χ1) is 14.4. The number of hydrogen-bond donors (Lipinski definition) is 1. The van der Waals surface area contributed by atoms with Crippen molar-refractivity contribution >= 4 is 0 Å². The summed E-state index contributed by atoms with van der Waals surface area (Å²) in [5.41, 5.74) is 11.1. The minimum atomic E-state index is 0.0887. The lowest BCUT2D eigenvalue weighted by molar-refractivity contribution is 0.312. The van der Waals surface area contributed by atoms with E-state index < -0.39 is 0 Å². The van der Waals surface area contributed by atoms with Crippen LogP contribution in [-0.4, -0.2) is 25.0 Å². The summed E-state index contributed by atoms with van der Waals surface area (Å²) in [5, 5.41) is 3.62. The first-order valence-electron chi connectivity index (χ1n) is 12.1. The lowest BCUT2D eigenvalue weighted by atomic mass is 9.71. The van der Waals surface area contributed by atoms with E-state index in [0.29, 0.717) is 0 Å². The van der Waals surface area contributed by atoms with Crippen molar-refractivity contribution in [2.24, 2.45) is 0 Å². The number of rotatable bonds is 3. The van der Waals surface area contributed by atoms with Crippen LogP contribution in [0.15, 0.2) is 30.3 Å². The van der Waals surface area contributed by atoms with Gasteiger partial charge in [0.25, 0.3) is 0 Å².